The molecule has 0 spiro atoms. The standard InChI is InChI=1S/C42H56ClF2N9O6/c1-5-6-7-36-39(53-31(3)40(43)41(36)50-25-33-22-32(24-46)8-9-37(33)44)23-38(45)30(2)34-26-51-42(52-27-34)60-21-20-56-13-11-49-28-35(54-47)29-59-19-18-58-17-16-57-15-14-55-12-10-48-4/h7-9,22-23,26-28,48,50H,5-6,10-21,25,29,47H2,1-4H3/b36-7-,38-30-,39-23+,49-28?,54-35+. The van der Waals surface area contributed by atoms with Crippen LogP contribution in [0.15, 0.2) is 46.5 Å². The molecule has 0 fully saturated rings. The predicted octanol–water partition coefficient (Wildman–Crippen LogP) is 4.28. The van der Waals surface area contributed by atoms with Crippen LogP contribution in [0.4, 0.5) is 14.5 Å². The van der Waals surface area contributed by atoms with Crippen LogP contribution in [0.25, 0.3) is 17.7 Å². The smallest absolute Gasteiger partial charge is 0.316 e. The second kappa shape index (κ2) is 29.3. The SMILES string of the molecule is CCC\C=c1/c(NCc2cc(C#N)ccc2F)c(Cl)c(C)n/c1=C/C(F)=C(\C)c1cnc(OCCOCCN=C/C(COCCOCCOCCOCCNC)=N\N)nc1. The van der Waals surface area contributed by atoms with Crippen LogP contribution in [0.3, 0.4) is 0 Å². The molecule has 0 radical (unpaired) electrons. The summed E-state index contributed by atoms with van der Waals surface area (Å²) in [6.45, 7) is 11.0. The second-order valence-corrected chi connectivity index (χ2v) is 13.3. The molecule has 0 saturated heterocycles. The fraction of sp³-hybridized carbons (Fsp3) is 0.476. The Labute approximate surface area is 355 Å². The van der Waals surface area contributed by atoms with Crippen molar-refractivity contribution in [2.75, 3.05) is 98.1 Å². The fourth-order valence-corrected chi connectivity index (χ4v) is 5.32. The van der Waals surface area contributed by atoms with E-state index in [-0.39, 0.29) is 37.9 Å². The first-order valence-corrected chi connectivity index (χ1v) is 20.0. The Morgan fingerprint density at radius 3 is 2.32 bits per heavy atom. The van der Waals surface area contributed by atoms with Crippen molar-refractivity contribution in [2.24, 2.45) is 15.9 Å². The summed E-state index contributed by atoms with van der Waals surface area (Å²) in [6, 6.07) is 6.26. The van der Waals surface area contributed by atoms with E-state index in [9.17, 15) is 9.65 Å². The third kappa shape index (κ3) is 18.1. The number of nitrogens with two attached hydrogens (primary N) is 1. The number of nitriles is 1. The monoisotopic (exact) mass is 855 g/mol. The van der Waals surface area contributed by atoms with Gasteiger partial charge < -0.3 is 44.9 Å². The number of benzene rings is 1. The molecule has 0 aliphatic heterocycles. The van der Waals surface area contributed by atoms with Crippen LogP contribution in [0.1, 0.15) is 49.1 Å². The molecule has 0 amide bonds. The van der Waals surface area contributed by atoms with Gasteiger partial charge in [0.1, 0.15) is 24.0 Å². The number of anilines is 1. The topological polar surface area (TPSA) is 193 Å². The van der Waals surface area contributed by atoms with E-state index in [4.69, 9.17) is 45.9 Å². The van der Waals surface area contributed by atoms with Gasteiger partial charge in [0, 0.05) is 54.1 Å². The van der Waals surface area contributed by atoms with Crippen molar-refractivity contribution in [3.8, 4) is 12.1 Å². The van der Waals surface area contributed by atoms with Crippen LogP contribution in [0.2, 0.25) is 5.02 Å². The van der Waals surface area contributed by atoms with Crippen LogP contribution < -0.4 is 31.8 Å². The number of aryl methyl sites for hydroxylation is 1. The zero-order valence-electron chi connectivity index (χ0n) is 34.8. The molecule has 4 N–H and O–H groups in total. The van der Waals surface area contributed by atoms with Gasteiger partial charge in [0.2, 0.25) is 0 Å². The molecule has 0 bridgehead atoms. The average molecular weight is 856 g/mol. The highest BCUT2D eigenvalue weighted by molar-refractivity contribution is 6.33. The molecule has 3 rings (SSSR count). The van der Waals surface area contributed by atoms with Gasteiger partial charge in [0.25, 0.3) is 0 Å². The number of pyridine rings is 1. The lowest BCUT2D eigenvalue weighted by atomic mass is 10.1. The molecular formula is C42H56ClF2N9O6. The third-order valence-corrected chi connectivity index (χ3v) is 8.88. The Hall–Kier alpha value is -4.93. The number of allylic oxidation sites excluding steroid dienone is 2. The van der Waals surface area contributed by atoms with E-state index >= 15 is 4.39 Å². The number of hydrogen-bond acceptors (Lipinski definition) is 15. The molecule has 2 aromatic heterocycles. The molecule has 60 heavy (non-hydrogen) atoms. The minimum atomic E-state index is -0.555. The molecule has 15 nitrogen and oxygen atoms in total. The number of hydrazone groups is 1. The molecule has 0 saturated carbocycles. The normalized spacial score (nSPS) is 12.9. The fourth-order valence-electron chi connectivity index (χ4n) is 5.11. The highest BCUT2D eigenvalue weighted by Gasteiger charge is 2.13. The molecule has 0 unspecified atom stereocenters. The first-order valence-electron chi connectivity index (χ1n) is 19.6. The van der Waals surface area contributed by atoms with E-state index in [1.807, 2.05) is 26.1 Å². The van der Waals surface area contributed by atoms with Crippen molar-refractivity contribution < 1.29 is 37.2 Å². The summed E-state index contributed by atoms with van der Waals surface area (Å²) in [6.07, 6.45) is 9.20. The van der Waals surface area contributed by atoms with Crippen molar-refractivity contribution in [1.82, 2.24) is 20.3 Å². The van der Waals surface area contributed by atoms with Crippen molar-refractivity contribution in [3.63, 3.8) is 0 Å². The van der Waals surface area contributed by atoms with Gasteiger partial charge >= 0.3 is 6.01 Å². The van der Waals surface area contributed by atoms with Crippen LogP contribution in [-0.2, 0) is 30.2 Å². The molecule has 18 heteroatoms. The van der Waals surface area contributed by atoms with E-state index < -0.39 is 11.6 Å². The number of rotatable bonds is 29. The van der Waals surface area contributed by atoms with Crippen molar-refractivity contribution in [1.29, 1.82) is 5.26 Å². The van der Waals surface area contributed by atoms with Gasteiger partial charge in [0.15, 0.2) is 0 Å². The number of hydrogen-bond donors (Lipinski definition) is 3. The molecule has 1 aromatic carbocycles. The second-order valence-electron chi connectivity index (χ2n) is 12.9. The van der Waals surface area contributed by atoms with Crippen LogP contribution >= 0.6 is 11.6 Å². The summed E-state index contributed by atoms with van der Waals surface area (Å²) in [5, 5.41) is 20.4. The van der Waals surface area contributed by atoms with Crippen molar-refractivity contribution in [3.05, 3.63) is 80.2 Å². The summed E-state index contributed by atoms with van der Waals surface area (Å²) in [5.41, 5.74) is 2.78. The van der Waals surface area contributed by atoms with E-state index in [0.29, 0.717) is 115 Å². The summed E-state index contributed by atoms with van der Waals surface area (Å²) in [5.74, 6) is 4.43. The van der Waals surface area contributed by atoms with Crippen LogP contribution in [-0.4, -0.2) is 120 Å². The first kappa shape index (κ1) is 49.4. The molecule has 2 heterocycles. The number of aliphatic imine (C=N–C) groups is 1. The molecule has 0 aliphatic rings. The summed E-state index contributed by atoms with van der Waals surface area (Å²) in [7, 11) is 1.88. The lowest BCUT2D eigenvalue weighted by molar-refractivity contribution is 0.00230. The van der Waals surface area contributed by atoms with Gasteiger partial charge in [-0.25, -0.2) is 18.7 Å². The Bertz CT molecular complexity index is 2010. The highest BCUT2D eigenvalue weighted by atomic mass is 35.5. The molecule has 0 atom stereocenters. The summed E-state index contributed by atoms with van der Waals surface area (Å²) < 4.78 is 63.3. The van der Waals surface area contributed by atoms with Gasteiger partial charge in [-0.15, -0.1) is 0 Å². The number of likely N-dealkylation sites (N-methyl/N-ethyl adjacent to an activating group) is 1. The lowest BCUT2D eigenvalue weighted by Crippen LogP contribution is -2.33. The summed E-state index contributed by atoms with van der Waals surface area (Å²) in [4.78, 5) is 17.3. The van der Waals surface area contributed by atoms with Gasteiger partial charge in [0.05, 0.1) is 106 Å². The van der Waals surface area contributed by atoms with Gasteiger partial charge in [-0.3, -0.25) is 9.98 Å². The molecule has 3 aromatic rings. The van der Waals surface area contributed by atoms with Crippen molar-refractivity contribution >= 4 is 46.9 Å². The maximum atomic E-state index is 15.8. The van der Waals surface area contributed by atoms with Crippen molar-refractivity contribution in [2.45, 2.75) is 40.2 Å². The lowest BCUT2D eigenvalue weighted by Gasteiger charge is -2.13. The number of aromatic nitrogens is 3. The van der Waals surface area contributed by atoms with E-state index in [2.05, 4.69) is 35.7 Å². The van der Waals surface area contributed by atoms with E-state index in [1.165, 1.54) is 42.9 Å². The largest absolute Gasteiger partial charge is 0.461 e. The Morgan fingerprint density at radius 1 is 0.983 bits per heavy atom. The Kier molecular flexibility index (Phi) is 24.2. The Morgan fingerprint density at radius 2 is 1.65 bits per heavy atom. The number of halogens is 3. The van der Waals surface area contributed by atoms with Gasteiger partial charge in [-0.2, -0.15) is 10.4 Å². The van der Waals surface area contributed by atoms with Gasteiger partial charge in [-0.1, -0.05) is 31.0 Å². The number of nitrogens with zero attached hydrogens (tertiary/aromatic N) is 6. The maximum absolute atomic E-state index is 15.8. The van der Waals surface area contributed by atoms with Gasteiger partial charge in [-0.05, 0) is 51.1 Å². The molecule has 0 aliphatic carbocycles. The van der Waals surface area contributed by atoms with Crippen LogP contribution in [0, 0.1) is 24.1 Å². The minimum absolute atomic E-state index is 0.0497. The first-order chi connectivity index (χ1) is 29.2. The van der Waals surface area contributed by atoms with Crippen LogP contribution in [0.5, 0.6) is 6.01 Å². The summed E-state index contributed by atoms with van der Waals surface area (Å²) >= 11 is 6.69. The number of unbranched alkanes of at least 4 members (excludes halogenated alkanes) is 1. The zero-order valence-corrected chi connectivity index (χ0v) is 35.5. The van der Waals surface area contributed by atoms with E-state index in [0.717, 1.165) is 13.0 Å². The molecule has 326 valence electrons. The minimum Gasteiger partial charge on any atom is -0.461 e. The maximum Gasteiger partial charge on any atom is 0.316 e. The third-order valence-electron chi connectivity index (χ3n) is 8.41. The number of ether oxygens (including phenoxy) is 6. The van der Waals surface area contributed by atoms with E-state index in [1.54, 1.807) is 13.8 Å². The zero-order chi connectivity index (χ0) is 43.4. The highest BCUT2D eigenvalue weighted by Crippen LogP contribution is 2.23. The average Bonchev–Trinajstić information content (AvgIpc) is 3.26. The predicted molar refractivity (Wildman–Crippen MR) is 230 cm³/mol. The quantitative estimate of drug-likeness (QED) is 0.0388. The number of nitrogens with one attached hydrogen (secondary N) is 2. The molecular weight excluding hydrogens is 800 g/mol. The Balaban J connectivity index is 1.44.